The Morgan fingerprint density at radius 2 is 1.90 bits per heavy atom. The van der Waals surface area contributed by atoms with Gasteiger partial charge in [0.25, 0.3) is 0 Å². The number of aryl methyl sites for hydroxylation is 1. The first-order chi connectivity index (χ1) is 14.8. The summed E-state index contributed by atoms with van der Waals surface area (Å²) in [4.78, 5) is 25.4. The lowest BCUT2D eigenvalue weighted by atomic mass is 10.0. The van der Waals surface area contributed by atoms with Crippen LogP contribution in [0.2, 0.25) is 5.02 Å². The molecule has 31 heavy (non-hydrogen) atoms. The third-order valence-electron chi connectivity index (χ3n) is 5.46. The molecule has 0 spiro atoms. The van der Waals surface area contributed by atoms with Gasteiger partial charge in [0.1, 0.15) is 17.0 Å². The van der Waals surface area contributed by atoms with Crippen molar-refractivity contribution in [2.75, 3.05) is 18.6 Å². The molecule has 2 aromatic rings. The highest BCUT2D eigenvalue weighted by Gasteiger charge is 2.34. The van der Waals surface area contributed by atoms with Gasteiger partial charge in [-0.15, -0.1) is 0 Å². The van der Waals surface area contributed by atoms with Gasteiger partial charge in [-0.25, -0.2) is 8.89 Å². The second kappa shape index (κ2) is 8.63. The molecule has 0 radical (unpaired) electrons. The van der Waals surface area contributed by atoms with Crippen LogP contribution in [0.1, 0.15) is 48.0 Å². The van der Waals surface area contributed by atoms with Gasteiger partial charge < -0.3 is 9.47 Å². The molecular weight excluding hydrogens is 442 g/mol. The van der Waals surface area contributed by atoms with Crippen LogP contribution in [0.5, 0.6) is 11.6 Å². The van der Waals surface area contributed by atoms with Crippen molar-refractivity contribution in [2.45, 2.75) is 32.1 Å². The minimum atomic E-state index is -2.46. The van der Waals surface area contributed by atoms with Crippen LogP contribution in [0.25, 0.3) is 0 Å². The molecular formula is C21H24ClN3O5S. The van der Waals surface area contributed by atoms with E-state index >= 15 is 0 Å². The van der Waals surface area contributed by atoms with E-state index in [1.807, 2.05) is 0 Å². The predicted octanol–water partition coefficient (Wildman–Crippen LogP) is 3.91. The number of hydrogen-bond donors (Lipinski definition) is 0. The van der Waals surface area contributed by atoms with Crippen molar-refractivity contribution in [1.82, 2.24) is 9.78 Å². The Balaban J connectivity index is 1.74. The molecule has 0 bridgehead atoms. The number of carbonyl (C=O) groups is 2. The molecule has 0 amide bonds. The largest absolute Gasteiger partial charge is 0.494 e. The number of methoxy groups -OCH3 is 1. The van der Waals surface area contributed by atoms with Crippen LogP contribution in [0.4, 0.5) is 5.69 Å². The number of ketones is 1. The summed E-state index contributed by atoms with van der Waals surface area (Å²) in [6, 6.07) is 3.10. The van der Waals surface area contributed by atoms with Crippen molar-refractivity contribution in [2.24, 2.45) is 17.3 Å². The summed E-state index contributed by atoms with van der Waals surface area (Å²) < 4.78 is 29.8. The van der Waals surface area contributed by atoms with Crippen LogP contribution in [-0.2, 0) is 21.6 Å². The average molecular weight is 466 g/mol. The van der Waals surface area contributed by atoms with Crippen molar-refractivity contribution < 1.29 is 23.3 Å². The molecule has 0 atom stereocenters. The van der Waals surface area contributed by atoms with Gasteiger partial charge in [-0.3, -0.25) is 9.59 Å². The molecule has 1 aliphatic heterocycles. The fourth-order valence-corrected chi connectivity index (χ4v) is 6.05. The molecule has 4 rings (SSSR count). The Morgan fingerprint density at radius 3 is 2.55 bits per heavy atom. The summed E-state index contributed by atoms with van der Waals surface area (Å²) in [5, 5.41) is 4.12. The average Bonchev–Trinajstić information content (AvgIpc) is 3.54. The van der Waals surface area contributed by atoms with E-state index in [1.165, 1.54) is 24.1 Å². The van der Waals surface area contributed by atoms with Crippen molar-refractivity contribution in [3.8, 4) is 11.6 Å². The van der Waals surface area contributed by atoms with Crippen molar-refractivity contribution in [3.63, 3.8) is 0 Å². The molecule has 2 aliphatic rings. The summed E-state index contributed by atoms with van der Waals surface area (Å²) >= 11 is 6.59. The van der Waals surface area contributed by atoms with Gasteiger partial charge in [0.15, 0.2) is 0 Å². The monoisotopic (exact) mass is 465 g/mol. The van der Waals surface area contributed by atoms with Crippen LogP contribution in [-0.4, -0.2) is 44.4 Å². The van der Waals surface area contributed by atoms with Crippen LogP contribution in [0.15, 0.2) is 22.7 Å². The number of nitrogens with zero attached hydrogens (tertiary/aromatic N) is 3. The molecule has 1 saturated carbocycles. The summed E-state index contributed by atoms with van der Waals surface area (Å²) in [6.07, 6.45) is 5.62. The zero-order chi connectivity index (χ0) is 22.2. The molecule has 2 fully saturated rings. The molecule has 166 valence electrons. The highest BCUT2D eigenvalue weighted by Crippen LogP contribution is 2.41. The van der Waals surface area contributed by atoms with Crippen LogP contribution in [0, 0.1) is 5.92 Å². The normalized spacial score (nSPS) is 17.8. The van der Waals surface area contributed by atoms with Gasteiger partial charge >= 0.3 is 5.97 Å². The molecule has 1 saturated heterocycles. The Bertz CT molecular complexity index is 1150. The minimum absolute atomic E-state index is 0.0565. The Kier molecular flexibility index (Phi) is 6.07. The van der Waals surface area contributed by atoms with E-state index in [0.717, 1.165) is 32.1 Å². The van der Waals surface area contributed by atoms with E-state index in [0.29, 0.717) is 17.3 Å². The zero-order valence-corrected chi connectivity index (χ0v) is 19.0. The summed E-state index contributed by atoms with van der Waals surface area (Å²) in [5.41, 5.74) is 0.482. The Morgan fingerprint density at radius 1 is 1.19 bits per heavy atom. The molecule has 10 heteroatoms. The van der Waals surface area contributed by atoms with E-state index < -0.39 is 15.5 Å². The van der Waals surface area contributed by atoms with Crippen molar-refractivity contribution in [3.05, 3.63) is 34.5 Å². The van der Waals surface area contributed by atoms with Gasteiger partial charge in [0.05, 0.1) is 34.0 Å². The second-order valence-corrected chi connectivity index (χ2v) is 10.7. The Hall–Kier alpha value is -2.39. The fraction of sp³-hybridized carbons (Fsp3) is 0.476. The summed E-state index contributed by atoms with van der Waals surface area (Å²) in [7, 11) is 0.598. The lowest BCUT2D eigenvalue weighted by Gasteiger charge is -2.17. The Labute approximate surface area is 186 Å². The van der Waals surface area contributed by atoms with Gasteiger partial charge in [-0.05, 0) is 37.8 Å². The SMILES string of the molecule is COc1ccc(C(=O)c2cnn(C)c2OC(=O)C2CC2)c(Cl)c1N=S1(=O)CCCCC1. The van der Waals surface area contributed by atoms with E-state index in [9.17, 15) is 13.8 Å². The van der Waals surface area contributed by atoms with Crippen LogP contribution in [0.3, 0.4) is 0 Å². The molecule has 2 heterocycles. The molecule has 8 nitrogen and oxygen atoms in total. The lowest BCUT2D eigenvalue weighted by molar-refractivity contribution is -0.136. The van der Waals surface area contributed by atoms with Gasteiger partial charge in [0.2, 0.25) is 11.7 Å². The maximum absolute atomic E-state index is 13.3. The molecule has 0 unspecified atom stereocenters. The first kappa shape index (κ1) is 21.8. The van der Waals surface area contributed by atoms with Gasteiger partial charge in [-0.1, -0.05) is 18.0 Å². The van der Waals surface area contributed by atoms with E-state index in [-0.39, 0.29) is 39.6 Å². The number of hydrogen-bond acceptors (Lipinski definition) is 7. The topological polar surface area (TPSA) is 99.8 Å². The van der Waals surface area contributed by atoms with Crippen LogP contribution >= 0.6 is 11.6 Å². The summed E-state index contributed by atoms with van der Waals surface area (Å²) in [6.45, 7) is 0. The van der Waals surface area contributed by atoms with E-state index in [2.05, 4.69) is 9.46 Å². The standard InChI is InChI=1S/C21H24ClN3O5S/c1-25-20(30-21(27)13-6-7-13)15(12-23-25)19(26)14-8-9-16(29-2)18(17(14)22)24-31(28)10-4-3-5-11-31/h8-9,12-13H,3-7,10-11H2,1-2H3. The zero-order valence-electron chi connectivity index (χ0n) is 17.4. The second-order valence-electron chi connectivity index (χ2n) is 7.82. The number of ether oxygens (including phenoxy) is 2. The van der Waals surface area contributed by atoms with Gasteiger partial charge in [0, 0.05) is 24.1 Å². The molecule has 1 aliphatic carbocycles. The maximum Gasteiger partial charge on any atom is 0.315 e. The smallest absolute Gasteiger partial charge is 0.315 e. The molecule has 0 N–H and O–H groups in total. The fourth-order valence-electron chi connectivity index (χ4n) is 3.51. The first-order valence-corrected chi connectivity index (χ1v) is 12.4. The predicted molar refractivity (Wildman–Crippen MR) is 117 cm³/mol. The number of esters is 1. The van der Waals surface area contributed by atoms with E-state index in [4.69, 9.17) is 21.1 Å². The van der Waals surface area contributed by atoms with Crippen LogP contribution < -0.4 is 9.47 Å². The van der Waals surface area contributed by atoms with Crippen molar-refractivity contribution >= 4 is 38.8 Å². The quantitative estimate of drug-likeness (QED) is 0.473. The number of benzene rings is 1. The highest BCUT2D eigenvalue weighted by molar-refractivity contribution is 7.93. The lowest BCUT2D eigenvalue weighted by Crippen LogP contribution is -2.16. The number of aromatic nitrogens is 2. The number of carbonyl (C=O) groups excluding carboxylic acids is 2. The van der Waals surface area contributed by atoms with Crippen molar-refractivity contribution in [1.29, 1.82) is 0 Å². The first-order valence-electron chi connectivity index (χ1n) is 10.2. The highest BCUT2D eigenvalue weighted by atomic mass is 35.5. The minimum Gasteiger partial charge on any atom is -0.494 e. The number of rotatable bonds is 6. The molecule has 1 aromatic heterocycles. The molecule has 1 aromatic carbocycles. The maximum atomic E-state index is 13.3. The third-order valence-corrected chi connectivity index (χ3v) is 8.22. The third kappa shape index (κ3) is 4.48. The summed E-state index contributed by atoms with van der Waals surface area (Å²) in [5.74, 6) is 0.451. The van der Waals surface area contributed by atoms with E-state index in [1.54, 1.807) is 13.1 Å². The van der Waals surface area contributed by atoms with Gasteiger partial charge in [-0.2, -0.15) is 9.46 Å². The number of halogens is 1.